The van der Waals surface area contributed by atoms with E-state index in [0.717, 1.165) is 12.8 Å². The smallest absolute Gasteiger partial charge is 0.178 e. The van der Waals surface area contributed by atoms with E-state index in [4.69, 9.17) is 0 Å². The first-order valence-electron chi connectivity index (χ1n) is 5.49. The minimum Gasteiger partial charge on any atom is -0.268 e. The molecule has 90 valence electrons. The van der Waals surface area contributed by atoms with Crippen molar-refractivity contribution in [1.29, 1.82) is 0 Å². The van der Waals surface area contributed by atoms with Gasteiger partial charge in [-0.2, -0.15) is 5.10 Å². The summed E-state index contributed by atoms with van der Waals surface area (Å²) in [5.41, 5.74) is 0.445. The first-order valence-corrected chi connectivity index (χ1v) is 7.38. The van der Waals surface area contributed by atoms with Crippen molar-refractivity contribution < 1.29 is 8.42 Å². The second kappa shape index (κ2) is 3.32. The SMILES string of the molecule is CC(C)(C)c1nn(C2CC2)cc1S(C)(=O)=O. The average Bonchev–Trinajstić information content (AvgIpc) is 2.80. The van der Waals surface area contributed by atoms with Gasteiger partial charge in [-0.25, -0.2) is 8.42 Å². The van der Waals surface area contributed by atoms with E-state index in [0.29, 0.717) is 16.6 Å². The summed E-state index contributed by atoms with van der Waals surface area (Å²) in [7, 11) is -3.18. The quantitative estimate of drug-likeness (QED) is 0.796. The molecule has 0 N–H and O–H groups in total. The second-order valence-corrected chi connectivity index (χ2v) is 7.56. The molecule has 4 nitrogen and oxygen atoms in total. The molecular formula is C11H18N2O2S. The molecule has 0 amide bonds. The topological polar surface area (TPSA) is 52.0 Å². The van der Waals surface area contributed by atoms with Crippen LogP contribution in [0.5, 0.6) is 0 Å². The van der Waals surface area contributed by atoms with Gasteiger partial charge in [0.2, 0.25) is 0 Å². The van der Waals surface area contributed by atoms with Crippen LogP contribution in [0.25, 0.3) is 0 Å². The summed E-state index contributed by atoms with van der Waals surface area (Å²) >= 11 is 0. The van der Waals surface area contributed by atoms with Gasteiger partial charge in [0.05, 0.1) is 11.7 Å². The van der Waals surface area contributed by atoms with E-state index in [9.17, 15) is 8.42 Å². The molecule has 1 aromatic rings. The molecule has 0 bridgehead atoms. The van der Waals surface area contributed by atoms with Gasteiger partial charge in [-0.3, -0.25) is 4.68 Å². The van der Waals surface area contributed by atoms with Crippen molar-refractivity contribution in [2.45, 2.75) is 50.0 Å². The molecule has 1 aliphatic carbocycles. The minimum absolute atomic E-state index is 0.238. The molecule has 0 atom stereocenters. The summed E-state index contributed by atoms with van der Waals surface area (Å²) in [5, 5.41) is 4.45. The highest BCUT2D eigenvalue weighted by Gasteiger charge is 2.32. The van der Waals surface area contributed by atoms with Gasteiger partial charge in [-0.15, -0.1) is 0 Å². The van der Waals surface area contributed by atoms with E-state index >= 15 is 0 Å². The monoisotopic (exact) mass is 242 g/mol. The van der Waals surface area contributed by atoms with Gasteiger partial charge in [-0.05, 0) is 12.8 Å². The number of sulfone groups is 1. The van der Waals surface area contributed by atoms with Crippen molar-refractivity contribution in [3.63, 3.8) is 0 Å². The Bertz CT molecular complexity index is 505. The fraction of sp³-hybridized carbons (Fsp3) is 0.727. The number of aromatic nitrogens is 2. The van der Waals surface area contributed by atoms with Crippen LogP contribution in [0.3, 0.4) is 0 Å². The fourth-order valence-corrected chi connectivity index (χ4v) is 2.69. The Morgan fingerprint density at radius 3 is 2.25 bits per heavy atom. The standard InChI is InChI=1S/C11H18N2O2S/c1-11(2,3)10-9(16(4,14)15)7-13(12-10)8-5-6-8/h7-8H,5-6H2,1-4H3. The van der Waals surface area contributed by atoms with Crippen LogP contribution in [0, 0.1) is 0 Å². The van der Waals surface area contributed by atoms with E-state index in [1.165, 1.54) is 6.26 Å². The van der Waals surface area contributed by atoms with E-state index in [1.54, 1.807) is 6.20 Å². The lowest BCUT2D eigenvalue weighted by molar-refractivity contribution is 0.528. The van der Waals surface area contributed by atoms with Crippen LogP contribution in [0.4, 0.5) is 0 Å². The van der Waals surface area contributed by atoms with Crippen LogP contribution >= 0.6 is 0 Å². The molecule has 0 aromatic carbocycles. The molecule has 0 aliphatic heterocycles. The molecule has 1 heterocycles. The summed E-state index contributed by atoms with van der Waals surface area (Å²) in [5.74, 6) is 0. The Hall–Kier alpha value is -0.840. The molecule has 1 aromatic heterocycles. The second-order valence-electron chi connectivity index (χ2n) is 5.58. The maximum atomic E-state index is 11.7. The normalized spacial score (nSPS) is 17.8. The van der Waals surface area contributed by atoms with Gasteiger partial charge in [0.1, 0.15) is 4.90 Å². The summed E-state index contributed by atoms with van der Waals surface area (Å²) in [6.45, 7) is 5.96. The van der Waals surface area contributed by atoms with Crippen molar-refractivity contribution in [3.05, 3.63) is 11.9 Å². The first kappa shape index (κ1) is 11.6. The highest BCUT2D eigenvalue weighted by Crippen LogP contribution is 2.37. The van der Waals surface area contributed by atoms with E-state index in [1.807, 2.05) is 25.5 Å². The molecule has 0 radical (unpaired) electrons. The first-order chi connectivity index (χ1) is 7.19. The maximum absolute atomic E-state index is 11.7. The number of rotatable bonds is 2. The summed E-state index contributed by atoms with van der Waals surface area (Å²) in [6, 6.07) is 0.414. The zero-order chi connectivity index (χ0) is 12.1. The summed E-state index contributed by atoms with van der Waals surface area (Å²) in [6.07, 6.45) is 5.15. The average molecular weight is 242 g/mol. The lowest BCUT2D eigenvalue weighted by Crippen LogP contribution is -2.16. The molecular weight excluding hydrogens is 224 g/mol. The van der Waals surface area contributed by atoms with Crippen molar-refractivity contribution >= 4 is 9.84 Å². The maximum Gasteiger partial charge on any atom is 0.178 e. The Morgan fingerprint density at radius 2 is 1.94 bits per heavy atom. The van der Waals surface area contributed by atoms with Crippen LogP contribution < -0.4 is 0 Å². The molecule has 5 heteroatoms. The molecule has 16 heavy (non-hydrogen) atoms. The highest BCUT2D eigenvalue weighted by molar-refractivity contribution is 7.90. The van der Waals surface area contributed by atoms with Gasteiger partial charge in [0.25, 0.3) is 0 Å². The number of hydrogen-bond donors (Lipinski definition) is 0. The number of nitrogens with zero attached hydrogens (tertiary/aromatic N) is 2. The minimum atomic E-state index is -3.18. The van der Waals surface area contributed by atoms with Crippen LogP contribution in [-0.4, -0.2) is 24.5 Å². The molecule has 2 rings (SSSR count). The lowest BCUT2D eigenvalue weighted by atomic mass is 9.92. The molecule has 1 fully saturated rings. The van der Waals surface area contributed by atoms with Crippen LogP contribution in [0.15, 0.2) is 11.1 Å². The summed E-state index contributed by atoms with van der Waals surface area (Å²) < 4.78 is 25.2. The Balaban J connectivity index is 2.57. The fourth-order valence-electron chi connectivity index (χ4n) is 1.69. The zero-order valence-corrected chi connectivity index (χ0v) is 11.0. The lowest BCUT2D eigenvalue weighted by Gasteiger charge is -2.16. The third kappa shape index (κ3) is 2.14. The third-order valence-corrected chi connectivity index (χ3v) is 3.83. The highest BCUT2D eigenvalue weighted by atomic mass is 32.2. The van der Waals surface area contributed by atoms with Gasteiger partial charge in [0, 0.05) is 17.9 Å². The summed E-state index contributed by atoms with van der Waals surface area (Å²) in [4.78, 5) is 0.381. The largest absolute Gasteiger partial charge is 0.268 e. The van der Waals surface area contributed by atoms with Crippen molar-refractivity contribution in [2.24, 2.45) is 0 Å². The Morgan fingerprint density at radius 1 is 1.38 bits per heavy atom. The van der Waals surface area contributed by atoms with E-state index < -0.39 is 9.84 Å². The molecule has 1 saturated carbocycles. The van der Waals surface area contributed by atoms with Gasteiger partial charge >= 0.3 is 0 Å². The van der Waals surface area contributed by atoms with Crippen LogP contribution in [0.1, 0.15) is 45.3 Å². The van der Waals surface area contributed by atoms with Gasteiger partial charge in [0.15, 0.2) is 9.84 Å². The predicted molar refractivity (Wildman–Crippen MR) is 62.3 cm³/mol. The predicted octanol–water partition coefficient (Wildman–Crippen LogP) is 1.92. The molecule has 0 unspecified atom stereocenters. The zero-order valence-electron chi connectivity index (χ0n) is 10.2. The number of hydrogen-bond acceptors (Lipinski definition) is 3. The van der Waals surface area contributed by atoms with Gasteiger partial charge in [-0.1, -0.05) is 20.8 Å². The molecule has 1 aliphatic rings. The Kier molecular flexibility index (Phi) is 2.42. The van der Waals surface area contributed by atoms with Crippen molar-refractivity contribution in [3.8, 4) is 0 Å². The third-order valence-electron chi connectivity index (χ3n) is 2.73. The van der Waals surface area contributed by atoms with E-state index in [-0.39, 0.29) is 5.41 Å². The van der Waals surface area contributed by atoms with Crippen molar-refractivity contribution in [1.82, 2.24) is 9.78 Å². The van der Waals surface area contributed by atoms with Crippen LogP contribution in [-0.2, 0) is 15.3 Å². The van der Waals surface area contributed by atoms with Crippen LogP contribution in [0.2, 0.25) is 0 Å². The Labute approximate surface area is 96.6 Å². The molecule has 0 spiro atoms. The van der Waals surface area contributed by atoms with E-state index in [2.05, 4.69) is 5.10 Å². The van der Waals surface area contributed by atoms with Gasteiger partial charge < -0.3 is 0 Å². The van der Waals surface area contributed by atoms with Crippen molar-refractivity contribution in [2.75, 3.05) is 6.26 Å². The molecule has 0 saturated heterocycles.